The lowest BCUT2D eigenvalue weighted by Gasteiger charge is -1.98. The molecule has 0 unspecified atom stereocenters. The minimum Gasteiger partial charge on any atom is -0.266 e. The summed E-state index contributed by atoms with van der Waals surface area (Å²) in [6, 6.07) is 7.12. The summed E-state index contributed by atoms with van der Waals surface area (Å²) in [5.41, 5.74) is 1.62. The van der Waals surface area contributed by atoms with Crippen molar-refractivity contribution in [3.8, 4) is 11.4 Å². The van der Waals surface area contributed by atoms with Gasteiger partial charge in [0.15, 0.2) is 5.82 Å². The molecule has 0 saturated carbocycles. The molecule has 0 bridgehead atoms. The van der Waals surface area contributed by atoms with Crippen LogP contribution in [0.15, 0.2) is 34.4 Å². The number of thiazole rings is 1. The van der Waals surface area contributed by atoms with E-state index in [9.17, 15) is 4.79 Å². The number of fused-ring (bicyclic) bond motifs is 1. The highest BCUT2D eigenvalue weighted by Crippen LogP contribution is 2.28. The molecule has 8 heteroatoms. The van der Waals surface area contributed by atoms with Gasteiger partial charge in [-0.1, -0.05) is 34.5 Å². The van der Waals surface area contributed by atoms with Gasteiger partial charge in [-0.15, -0.1) is 16.4 Å². The third-order valence-electron chi connectivity index (χ3n) is 3.52. The van der Waals surface area contributed by atoms with Crippen molar-refractivity contribution in [1.82, 2.24) is 14.6 Å². The number of hydrogen-bond donors (Lipinski definition) is 0. The van der Waals surface area contributed by atoms with Crippen LogP contribution < -0.4 is 10.1 Å². The third-order valence-corrected chi connectivity index (χ3v) is 5.99. The van der Waals surface area contributed by atoms with Crippen molar-refractivity contribution < 1.29 is 0 Å². The molecule has 0 saturated heterocycles. The van der Waals surface area contributed by atoms with Crippen LogP contribution in [0, 0.1) is 6.92 Å². The van der Waals surface area contributed by atoms with Crippen LogP contribution in [0.3, 0.4) is 0 Å². The number of aryl methyl sites for hydroxylation is 1. The summed E-state index contributed by atoms with van der Waals surface area (Å²) in [5, 5.41) is 7.30. The molecular formula is C16H9Cl2N3OS2. The highest BCUT2D eigenvalue weighted by molar-refractivity contribution is 7.15. The molecule has 3 aromatic heterocycles. The first-order valence-corrected chi connectivity index (χ1v) is 9.39. The first-order valence-electron chi connectivity index (χ1n) is 6.94. The predicted octanol–water partition coefficient (Wildman–Crippen LogP) is 4.04. The molecule has 0 aliphatic heterocycles. The maximum atomic E-state index is 12.5. The highest BCUT2D eigenvalue weighted by atomic mass is 35.5. The molecule has 0 aliphatic rings. The molecule has 1 aromatic carbocycles. The summed E-state index contributed by atoms with van der Waals surface area (Å²) in [7, 11) is 0. The number of thiophene rings is 1. The van der Waals surface area contributed by atoms with Crippen molar-refractivity contribution in [3.05, 3.63) is 65.0 Å². The molecule has 120 valence electrons. The van der Waals surface area contributed by atoms with Crippen molar-refractivity contribution in [2.24, 2.45) is 0 Å². The van der Waals surface area contributed by atoms with Crippen molar-refractivity contribution in [2.45, 2.75) is 6.92 Å². The Morgan fingerprint density at radius 1 is 1.25 bits per heavy atom. The zero-order valence-electron chi connectivity index (χ0n) is 12.3. The topological polar surface area (TPSA) is 47.3 Å². The molecule has 0 radical (unpaired) electrons. The van der Waals surface area contributed by atoms with E-state index in [1.807, 2.05) is 24.4 Å². The average molecular weight is 394 g/mol. The second kappa shape index (κ2) is 5.97. The third kappa shape index (κ3) is 2.65. The van der Waals surface area contributed by atoms with E-state index in [1.165, 1.54) is 15.9 Å². The van der Waals surface area contributed by atoms with Crippen molar-refractivity contribution in [1.29, 1.82) is 0 Å². The fourth-order valence-electron chi connectivity index (χ4n) is 2.27. The summed E-state index contributed by atoms with van der Waals surface area (Å²) in [4.78, 5) is 18.6. The second-order valence-corrected chi connectivity index (χ2v) is 7.94. The van der Waals surface area contributed by atoms with Crippen molar-refractivity contribution >= 4 is 56.9 Å². The smallest absolute Gasteiger partial charge is 0.266 e. The zero-order chi connectivity index (χ0) is 16.8. The normalized spacial score (nSPS) is 12.4. The summed E-state index contributed by atoms with van der Waals surface area (Å²) in [6.45, 7) is 2.02. The summed E-state index contributed by atoms with van der Waals surface area (Å²) < 4.78 is 1.93. The minimum atomic E-state index is -0.174. The first kappa shape index (κ1) is 15.8. The Kier molecular flexibility index (Phi) is 3.92. The molecule has 0 fully saturated rings. The molecule has 4 nitrogen and oxygen atoms in total. The standard InChI is InChI=1S/C16H9Cl2N3OS2/c1-8-4-5-23-12(8)7-13-15(22)21-16(24-13)19-14(20-21)10-3-2-9(17)6-11(10)18/h2-7H,1H3/b13-7-. The lowest BCUT2D eigenvalue weighted by molar-refractivity contribution is 0.937. The molecule has 4 aromatic rings. The molecule has 4 rings (SSSR count). The molecule has 0 N–H and O–H groups in total. The van der Waals surface area contributed by atoms with Crippen molar-refractivity contribution in [3.63, 3.8) is 0 Å². The predicted molar refractivity (Wildman–Crippen MR) is 100 cm³/mol. The van der Waals surface area contributed by atoms with Gasteiger partial charge in [-0.05, 0) is 48.2 Å². The largest absolute Gasteiger partial charge is 0.291 e. The maximum absolute atomic E-state index is 12.5. The Bertz CT molecular complexity index is 1180. The minimum absolute atomic E-state index is 0.174. The summed E-state index contributed by atoms with van der Waals surface area (Å²) in [5.74, 6) is 0.416. The van der Waals surface area contributed by atoms with E-state index in [0.29, 0.717) is 30.9 Å². The quantitative estimate of drug-likeness (QED) is 0.516. The molecule has 24 heavy (non-hydrogen) atoms. The molecule has 0 amide bonds. The number of nitrogens with zero attached hydrogens (tertiary/aromatic N) is 3. The fourth-order valence-corrected chi connectivity index (χ4v) is 4.59. The first-order chi connectivity index (χ1) is 11.5. The molecule has 0 atom stereocenters. The van der Waals surface area contributed by atoms with E-state index < -0.39 is 0 Å². The number of benzene rings is 1. The molecule has 0 aliphatic carbocycles. The van der Waals surface area contributed by atoms with Gasteiger partial charge in [-0.2, -0.15) is 9.50 Å². The van der Waals surface area contributed by atoms with Crippen LogP contribution in [0.4, 0.5) is 0 Å². The number of hydrogen-bond acceptors (Lipinski definition) is 5. The van der Waals surface area contributed by atoms with Crippen LogP contribution in [0.2, 0.25) is 10.0 Å². The maximum Gasteiger partial charge on any atom is 0.291 e. The van der Waals surface area contributed by atoms with Gasteiger partial charge in [0.2, 0.25) is 4.96 Å². The Hall–Kier alpha value is -1.73. The van der Waals surface area contributed by atoms with E-state index in [1.54, 1.807) is 29.5 Å². The molecular weight excluding hydrogens is 385 g/mol. The van der Waals surface area contributed by atoms with Crippen LogP contribution in [0.1, 0.15) is 10.4 Å². The monoisotopic (exact) mass is 393 g/mol. The van der Waals surface area contributed by atoms with Crippen LogP contribution >= 0.6 is 45.9 Å². The zero-order valence-corrected chi connectivity index (χ0v) is 15.4. The van der Waals surface area contributed by atoms with Crippen molar-refractivity contribution in [2.75, 3.05) is 0 Å². The van der Waals surface area contributed by atoms with Gasteiger partial charge in [0.05, 0.1) is 9.55 Å². The summed E-state index contributed by atoms with van der Waals surface area (Å²) >= 11 is 15.0. The van der Waals surface area contributed by atoms with E-state index >= 15 is 0 Å². The van der Waals surface area contributed by atoms with Gasteiger partial charge in [-0.3, -0.25) is 4.79 Å². The van der Waals surface area contributed by atoms with E-state index in [0.717, 1.165) is 10.4 Å². The Morgan fingerprint density at radius 2 is 2.08 bits per heavy atom. The molecule has 3 heterocycles. The van der Waals surface area contributed by atoms with E-state index in [-0.39, 0.29) is 5.56 Å². The van der Waals surface area contributed by atoms with Gasteiger partial charge in [0.25, 0.3) is 5.56 Å². The van der Waals surface area contributed by atoms with Gasteiger partial charge >= 0.3 is 0 Å². The lowest BCUT2D eigenvalue weighted by atomic mass is 10.2. The van der Waals surface area contributed by atoms with Gasteiger partial charge < -0.3 is 0 Å². The second-order valence-electron chi connectivity index (χ2n) is 5.14. The number of aromatic nitrogens is 3. The lowest BCUT2D eigenvalue weighted by Crippen LogP contribution is -2.23. The average Bonchev–Trinajstić information content (AvgIpc) is 3.19. The van der Waals surface area contributed by atoms with Crippen LogP contribution in [-0.4, -0.2) is 14.6 Å². The van der Waals surface area contributed by atoms with Gasteiger partial charge in [0.1, 0.15) is 0 Å². The highest BCUT2D eigenvalue weighted by Gasteiger charge is 2.14. The SMILES string of the molecule is Cc1ccsc1/C=c1\sc2nc(-c3ccc(Cl)cc3Cl)nn2c1=O. The number of halogens is 2. The Labute approximate surface area is 154 Å². The van der Waals surface area contributed by atoms with Crippen LogP contribution in [0.5, 0.6) is 0 Å². The van der Waals surface area contributed by atoms with E-state index in [2.05, 4.69) is 10.1 Å². The van der Waals surface area contributed by atoms with Crippen LogP contribution in [-0.2, 0) is 0 Å². The fraction of sp³-hybridized carbons (Fsp3) is 0.0625. The van der Waals surface area contributed by atoms with Crippen LogP contribution in [0.25, 0.3) is 22.4 Å². The Morgan fingerprint density at radius 3 is 2.75 bits per heavy atom. The molecule has 0 spiro atoms. The van der Waals surface area contributed by atoms with Gasteiger partial charge in [0, 0.05) is 15.5 Å². The van der Waals surface area contributed by atoms with Gasteiger partial charge in [-0.25, -0.2) is 0 Å². The van der Waals surface area contributed by atoms with E-state index in [4.69, 9.17) is 23.2 Å². The number of rotatable bonds is 2. The Balaban J connectivity index is 1.86. The summed E-state index contributed by atoms with van der Waals surface area (Å²) in [6.07, 6.45) is 1.89.